The Morgan fingerprint density at radius 1 is 1.19 bits per heavy atom. The Bertz CT molecular complexity index is 241. The average molecular weight is 228 g/mol. The second kappa shape index (κ2) is 5.50. The normalized spacial score (nSPS) is 26.9. The first kappa shape index (κ1) is 11.7. The molecule has 0 aliphatic carbocycles. The van der Waals surface area contributed by atoms with Crippen LogP contribution in [0, 0.1) is 0 Å². The van der Waals surface area contributed by atoms with Gasteiger partial charge < -0.3 is 19.6 Å². The lowest BCUT2D eigenvalue weighted by Gasteiger charge is -2.37. The number of nitrogens with zero attached hydrogens (tertiary/aromatic N) is 2. The molecule has 16 heavy (non-hydrogen) atoms. The van der Waals surface area contributed by atoms with Crippen LogP contribution in [-0.4, -0.2) is 66.4 Å². The number of hydrogen-bond donors (Lipinski definition) is 1. The monoisotopic (exact) mass is 228 g/mol. The van der Waals surface area contributed by atoms with E-state index in [-0.39, 0.29) is 18.7 Å². The molecule has 0 spiro atoms. The zero-order chi connectivity index (χ0) is 11.4. The molecular formula is C11H20N2O3. The summed E-state index contributed by atoms with van der Waals surface area (Å²) in [5.41, 5.74) is 0. The van der Waals surface area contributed by atoms with Crippen molar-refractivity contribution in [2.24, 2.45) is 0 Å². The minimum atomic E-state index is -0.206. The van der Waals surface area contributed by atoms with Crippen LogP contribution in [0.5, 0.6) is 0 Å². The summed E-state index contributed by atoms with van der Waals surface area (Å²) in [6.45, 7) is 3.44. The van der Waals surface area contributed by atoms with Crippen LogP contribution in [0.25, 0.3) is 0 Å². The van der Waals surface area contributed by atoms with Gasteiger partial charge in [0.25, 0.3) is 0 Å². The Balaban J connectivity index is 1.87. The fraction of sp³-hybridized carbons (Fsp3) is 0.909. The number of likely N-dealkylation sites (tertiary alicyclic amines) is 1. The highest BCUT2D eigenvalue weighted by Crippen LogP contribution is 2.13. The van der Waals surface area contributed by atoms with Gasteiger partial charge in [-0.2, -0.15) is 0 Å². The topological polar surface area (TPSA) is 53.0 Å². The average Bonchev–Trinajstić information content (AvgIpc) is 2.39. The molecule has 0 aromatic heterocycles. The molecule has 1 unspecified atom stereocenters. The van der Waals surface area contributed by atoms with Gasteiger partial charge in [-0.3, -0.25) is 0 Å². The van der Waals surface area contributed by atoms with Crippen molar-refractivity contribution in [3.05, 3.63) is 0 Å². The van der Waals surface area contributed by atoms with Gasteiger partial charge in [-0.1, -0.05) is 0 Å². The predicted molar refractivity (Wildman–Crippen MR) is 59.2 cm³/mol. The van der Waals surface area contributed by atoms with Crippen molar-refractivity contribution in [3.8, 4) is 0 Å². The lowest BCUT2D eigenvalue weighted by Crippen LogP contribution is -2.52. The first-order chi connectivity index (χ1) is 7.81. The van der Waals surface area contributed by atoms with E-state index in [4.69, 9.17) is 9.84 Å². The maximum atomic E-state index is 12.1. The SMILES string of the molecule is O=C(N1CCCCC1)N1CCOC(CO)C1. The number of ether oxygens (including phenoxy) is 1. The van der Waals surface area contributed by atoms with Crippen LogP contribution >= 0.6 is 0 Å². The van der Waals surface area contributed by atoms with E-state index in [2.05, 4.69) is 0 Å². The molecule has 2 saturated heterocycles. The first-order valence-corrected chi connectivity index (χ1v) is 6.07. The molecule has 5 nitrogen and oxygen atoms in total. The fourth-order valence-corrected chi connectivity index (χ4v) is 2.29. The molecule has 2 aliphatic heterocycles. The Kier molecular flexibility index (Phi) is 4.01. The lowest BCUT2D eigenvalue weighted by atomic mass is 10.1. The molecule has 2 aliphatic rings. The number of urea groups is 1. The smallest absolute Gasteiger partial charge is 0.320 e. The van der Waals surface area contributed by atoms with E-state index in [9.17, 15) is 4.79 Å². The van der Waals surface area contributed by atoms with Crippen LogP contribution in [-0.2, 0) is 4.74 Å². The van der Waals surface area contributed by atoms with Gasteiger partial charge in [-0.25, -0.2) is 4.79 Å². The Morgan fingerprint density at radius 3 is 2.62 bits per heavy atom. The zero-order valence-corrected chi connectivity index (χ0v) is 9.60. The summed E-state index contributed by atoms with van der Waals surface area (Å²) in [6, 6.07) is 0.112. The molecule has 5 heteroatoms. The molecule has 0 aromatic rings. The minimum Gasteiger partial charge on any atom is -0.394 e. The third-order valence-electron chi connectivity index (χ3n) is 3.24. The van der Waals surface area contributed by atoms with Crippen LogP contribution in [0.4, 0.5) is 4.79 Å². The van der Waals surface area contributed by atoms with Crippen molar-refractivity contribution in [1.82, 2.24) is 9.80 Å². The summed E-state index contributed by atoms with van der Waals surface area (Å²) in [7, 11) is 0. The zero-order valence-electron chi connectivity index (χ0n) is 9.60. The van der Waals surface area contributed by atoms with Gasteiger partial charge in [0, 0.05) is 19.6 Å². The van der Waals surface area contributed by atoms with Crippen molar-refractivity contribution >= 4 is 6.03 Å². The summed E-state index contributed by atoms with van der Waals surface area (Å²) in [6.07, 6.45) is 3.24. The van der Waals surface area contributed by atoms with Crippen molar-refractivity contribution in [1.29, 1.82) is 0 Å². The summed E-state index contributed by atoms with van der Waals surface area (Å²) < 4.78 is 5.33. The maximum absolute atomic E-state index is 12.1. The Labute approximate surface area is 96.0 Å². The van der Waals surface area contributed by atoms with Gasteiger partial charge in [0.15, 0.2) is 0 Å². The molecule has 92 valence electrons. The lowest BCUT2D eigenvalue weighted by molar-refractivity contribution is -0.0443. The largest absolute Gasteiger partial charge is 0.394 e. The third kappa shape index (κ3) is 2.65. The highest BCUT2D eigenvalue weighted by atomic mass is 16.5. The summed E-state index contributed by atoms with van der Waals surface area (Å²) >= 11 is 0. The molecule has 0 saturated carbocycles. The van der Waals surface area contributed by atoms with E-state index in [0.29, 0.717) is 19.7 Å². The second-order valence-corrected chi connectivity index (χ2v) is 4.45. The van der Waals surface area contributed by atoms with E-state index in [1.165, 1.54) is 6.42 Å². The van der Waals surface area contributed by atoms with Crippen molar-refractivity contribution in [3.63, 3.8) is 0 Å². The number of aliphatic hydroxyl groups excluding tert-OH is 1. The number of hydrogen-bond acceptors (Lipinski definition) is 3. The molecule has 2 amide bonds. The van der Waals surface area contributed by atoms with Gasteiger partial charge in [0.1, 0.15) is 0 Å². The van der Waals surface area contributed by atoms with E-state index in [0.717, 1.165) is 25.9 Å². The molecule has 0 radical (unpaired) electrons. The van der Waals surface area contributed by atoms with Gasteiger partial charge in [-0.05, 0) is 19.3 Å². The second-order valence-electron chi connectivity index (χ2n) is 4.45. The molecule has 1 N–H and O–H groups in total. The Morgan fingerprint density at radius 2 is 1.94 bits per heavy atom. The number of carbonyl (C=O) groups is 1. The highest BCUT2D eigenvalue weighted by Gasteiger charge is 2.27. The molecule has 0 aromatic carbocycles. The maximum Gasteiger partial charge on any atom is 0.320 e. The van der Waals surface area contributed by atoms with Crippen molar-refractivity contribution in [2.45, 2.75) is 25.4 Å². The number of carbonyl (C=O) groups excluding carboxylic acids is 1. The molecule has 2 rings (SSSR count). The quantitative estimate of drug-likeness (QED) is 0.701. The number of piperidine rings is 1. The van der Waals surface area contributed by atoms with Crippen LogP contribution in [0.1, 0.15) is 19.3 Å². The van der Waals surface area contributed by atoms with Gasteiger partial charge in [0.2, 0.25) is 0 Å². The van der Waals surface area contributed by atoms with Gasteiger partial charge in [0.05, 0.1) is 25.9 Å². The van der Waals surface area contributed by atoms with Crippen LogP contribution in [0.3, 0.4) is 0 Å². The first-order valence-electron chi connectivity index (χ1n) is 6.07. The highest BCUT2D eigenvalue weighted by molar-refractivity contribution is 5.74. The van der Waals surface area contributed by atoms with Gasteiger partial charge >= 0.3 is 6.03 Å². The van der Waals surface area contributed by atoms with Crippen molar-refractivity contribution in [2.75, 3.05) is 39.4 Å². The fourth-order valence-electron chi connectivity index (χ4n) is 2.29. The summed E-state index contributed by atoms with van der Waals surface area (Å²) in [5.74, 6) is 0. The van der Waals surface area contributed by atoms with Crippen molar-refractivity contribution < 1.29 is 14.6 Å². The summed E-state index contributed by atoms with van der Waals surface area (Å²) in [5, 5.41) is 9.02. The predicted octanol–water partition coefficient (Wildman–Crippen LogP) is 0.285. The molecule has 2 heterocycles. The van der Waals surface area contributed by atoms with Crippen LogP contribution in [0.15, 0.2) is 0 Å². The van der Waals surface area contributed by atoms with Crippen LogP contribution in [0.2, 0.25) is 0 Å². The molecule has 2 fully saturated rings. The number of rotatable bonds is 1. The molecule has 0 bridgehead atoms. The van der Waals surface area contributed by atoms with E-state index in [1.807, 2.05) is 4.90 Å². The molecule has 1 atom stereocenters. The third-order valence-corrected chi connectivity index (χ3v) is 3.24. The summed E-state index contributed by atoms with van der Waals surface area (Å²) in [4.78, 5) is 15.9. The Hall–Kier alpha value is -0.810. The van der Waals surface area contributed by atoms with Gasteiger partial charge in [-0.15, -0.1) is 0 Å². The van der Waals surface area contributed by atoms with E-state index >= 15 is 0 Å². The minimum absolute atomic E-state index is 0.0101. The van der Waals surface area contributed by atoms with E-state index in [1.54, 1.807) is 4.90 Å². The van der Waals surface area contributed by atoms with E-state index < -0.39 is 0 Å². The number of amides is 2. The molecular weight excluding hydrogens is 208 g/mol. The standard InChI is InChI=1S/C11H20N2O3/c14-9-10-8-13(6-7-16-10)11(15)12-4-2-1-3-5-12/h10,14H,1-9H2. The van der Waals surface area contributed by atoms with Crippen LogP contribution < -0.4 is 0 Å². The number of morpholine rings is 1. The number of aliphatic hydroxyl groups is 1.